The Morgan fingerprint density at radius 1 is 1.21 bits per heavy atom. The summed E-state index contributed by atoms with van der Waals surface area (Å²) in [6.07, 6.45) is 6.41. The molecule has 104 valence electrons. The Labute approximate surface area is 120 Å². The Balaban J connectivity index is 1.69. The Morgan fingerprint density at radius 3 is 2.68 bits per heavy atom. The second-order valence-electron chi connectivity index (χ2n) is 4.84. The van der Waals surface area contributed by atoms with Gasteiger partial charge in [-0.15, -0.1) is 0 Å². The molecule has 0 unspecified atom stereocenters. The number of thiocarbonyl (C=S) groups is 1. The van der Waals surface area contributed by atoms with Crippen molar-refractivity contribution in [1.29, 1.82) is 0 Å². The Bertz CT molecular complexity index is 416. The molecule has 1 aromatic carbocycles. The van der Waals surface area contributed by atoms with E-state index < -0.39 is 0 Å². The molecule has 0 saturated heterocycles. The van der Waals surface area contributed by atoms with E-state index in [-0.39, 0.29) is 0 Å². The lowest BCUT2D eigenvalue weighted by molar-refractivity contribution is 0.0505. The average molecular weight is 279 g/mol. The Morgan fingerprint density at radius 2 is 1.95 bits per heavy atom. The molecule has 0 aliphatic heterocycles. The number of nitrogens with two attached hydrogens (primary N) is 1. The summed E-state index contributed by atoms with van der Waals surface area (Å²) >= 11 is 5.00. The highest BCUT2D eigenvalue weighted by molar-refractivity contribution is 7.80. The second kappa shape index (κ2) is 7.46. The Hall–Kier alpha value is -1.13. The summed E-state index contributed by atoms with van der Waals surface area (Å²) in [6.45, 7) is 1.40. The number of hydrogen-bond donors (Lipinski definition) is 1. The van der Waals surface area contributed by atoms with Crippen LogP contribution in [0.1, 0.15) is 37.7 Å². The molecule has 1 aliphatic carbocycles. The van der Waals surface area contributed by atoms with Crippen LogP contribution >= 0.6 is 12.2 Å². The minimum Gasteiger partial charge on any atom is -0.493 e. The molecule has 1 fully saturated rings. The van der Waals surface area contributed by atoms with Gasteiger partial charge in [-0.25, -0.2) is 0 Å². The van der Waals surface area contributed by atoms with Crippen molar-refractivity contribution in [2.75, 3.05) is 13.2 Å². The molecule has 0 aromatic heterocycles. The topological polar surface area (TPSA) is 44.5 Å². The van der Waals surface area contributed by atoms with Crippen LogP contribution in [0.5, 0.6) is 5.75 Å². The van der Waals surface area contributed by atoms with Gasteiger partial charge in [-0.3, -0.25) is 0 Å². The lowest BCUT2D eigenvalue weighted by Gasteiger charge is -2.12. The predicted molar refractivity (Wildman–Crippen MR) is 80.6 cm³/mol. The van der Waals surface area contributed by atoms with Gasteiger partial charge in [0.1, 0.15) is 10.7 Å². The molecule has 0 radical (unpaired) electrons. The summed E-state index contributed by atoms with van der Waals surface area (Å²) in [4.78, 5) is 0.373. The van der Waals surface area contributed by atoms with Crippen molar-refractivity contribution in [3.05, 3.63) is 29.8 Å². The van der Waals surface area contributed by atoms with E-state index in [0.717, 1.165) is 24.3 Å². The first-order valence-corrected chi connectivity index (χ1v) is 7.31. The third-order valence-electron chi connectivity index (χ3n) is 3.35. The SMILES string of the molecule is NC(=S)c1ccccc1OCCCOC1CCCC1. The average Bonchev–Trinajstić information content (AvgIpc) is 2.92. The highest BCUT2D eigenvalue weighted by atomic mass is 32.1. The maximum Gasteiger partial charge on any atom is 0.129 e. The zero-order valence-electron chi connectivity index (χ0n) is 11.1. The van der Waals surface area contributed by atoms with Crippen LogP contribution in [0.3, 0.4) is 0 Å². The summed E-state index contributed by atoms with van der Waals surface area (Å²) in [5.74, 6) is 0.760. The van der Waals surface area contributed by atoms with Crippen LogP contribution in [-0.4, -0.2) is 24.3 Å². The lowest BCUT2D eigenvalue weighted by atomic mass is 10.2. The monoisotopic (exact) mass is 279 g/mol. The number of benzene rings is 1. The second-order valence-corrected chi connectivity index (χ2v) is 5.28. The van der Waals surface area contributed by atoms with Gasteiger partial charge in [0, 0.05) is 6.42 Å². The number of hydrogen-bond acceptors (Lipinski definition) is 3. The van der Waals surface area contributed by atoms with Crippen molar-refractivity contribution in [3.63, 3.8) is 0 Å². The van der Waals surface area contributed by atoms with Gasteiger partial charge in [0.25, 0.3) is 0 Å². The molecule has 1 aromatic rings. The summed E-state index contributed by atoms with van der Waals surface area (Å²) < 4.78 is 11.5. The van der Waals surface area contributed by atoms with Crippen LogP contribution < -0.4 is 10.5 Å². The van der Waals surface area contributed by atoms with Gasteiger partial charge in [0.2, 0.25) is 0 Å². The molecule has 0 spiro atoms. The minimum atomic E-state index is 0.373. The number of para-hydroxylation sites is 1. The van der Waals surface area contributed by atoms with Crippen LogP contribution in [-0.2, 0) is 4.74 Å². The van der Waals surface area contributed by atoms with E-state index in [4.69, 9.17) is 27.4 Å². The third-order valence-corrected chi connectivity index (χ3v) is 3.57. The fraction of sp³-hybridized carbons (Fsp3) is 0.533. The van der Waals surface area contributed by atoms with E-state index in [1.165, 1.54) is 25.7 Å². The highest BCUT2D eigenvalue weighted by Gasteiger charge is 2.14. The molecule has 1 saturated carbocycles. The van der Waals surface area contributed by atoms with Gasteiger partial charge < -0.3 is 15.2 Å². The van der Waals surface area contributed by atoms with E-state index in [0.29, 0.717) is 17.7 Å². The van der Waals surface area contributed by atoms with E-state index in [1.807, 2.05) is 24.3 Å². The van der Waals surface area contributed by atoms with Crippen molar-refractivity contribution in [3.8, 4) is 5.75 Å². The molecular weight excluding hydrogens is 258 g/mol. The van der Waals surface area contributed by atoms with Crippen LogP contribution in [0.4, 0.5) is 0 Å². The summed E-state index contributed by atoms with van der Waals surface area (Å²) in [5.41, 5.74) is 6.45. The lowest BCUT2D eigenvalue weighted by Crippen LogP contribution is -2.13. The zero-order chi connectivity index (χ0) is 13.5. The fourth-order valence-corrected chi connectivity index (χ4v) is 2.51. The fourth-order valence-electron chi connectivity index (χ4n) is 2.34. The predicted octanol–water partition coefficient (Wildman–Crippen LogP) is 3.05. The van der Waals surface area contributed by atoms with Crippen molar-refractivity contribution in [2.45, 2.75) is 38.2 Å². The molecule has 3 nitrogen and oxygen atoms in total. The van der Waals surface area contributed by atoms with Crippen LogP contribution in [0, 0.1) is 0 Å². The van der Waals surface area contributed by atoms with Crippen molar-refractivity contribution in [1.82, 2.24) is 0 Å². The van der Waals surface area contributed by atoms with Crippen LogP contribution in [0.15, 0.2) is 24.3 Å². The molecule has 0 amide bonds. The molecule has 1 aliphatic rings. The van der Waals surface area contributed by atoms with Gasteiger partial charge in [0.15, 0.2) is 0 Å². The smallest absolute Gasteiger partial charge is 0.129 e. The maximum absolute atomic E-state index is 5.79. The molecule has 2 rings (SSSR count). The van der Waals surface area contributed by atoms with Gasteiger partial charge in [-0.2, -0.15) is 0 Å². The van der Waals surface area contributed by atoms with Crippen LogP contribution in [0.2, 0.25) is 0 Å². The molecule has 0 bridgehead atoms. The highest BCUT2D eigenvalue weighted by Crippen LogP contribution is 2.21. The summed E-state index contributed by atoms with van der Waals surface area (Å²) in [5, 5.41) is 0. The minimum absolute atomic E-state index is 0.373. The van der Waals surface area contributed by atoms with E-state index in [1.54, 1.807) is 0 Å². The molecule has 19 heavy (non-hydrogen) atoms. The van der Waals surface area contributed by atoms with E-state index >= 15 is 0 Å². The van der Waals surface area contributed by atoms with E-state index in [2.05, 4.69) is 0 Å². The molecule has 4 heteroatoms. The first kappa shape index (κ1) is 14.3. The standard InChI is InChI=1S/C15H21NO2S/c16-15(19)13-8-3-4-9-14(13)18-11-5-10-17-12-6-1-2-7-12/h3-4,8-9,12H,1-2,5-7,10-11H2,(H2,16,19). The Kier molecular flexibility index (Phi) is 5.61. The van der Waals surface area contributed by atoms with E-state index in [9.17, 15) is 0 Å². The zero-order valence-corrected chi connectivity index (χ0v) is 12.0. The van der Waals surface area contributed by atoms with Crippen molar-refractivity contribution in [2.24, 2.45) is 5.73 Å². The van der Waals surface area contributed by atoms with Crippen molar-refractivity contribution < 1.29 is 9.47 Å². The summed E-state index contributed by atoms with van der Waals surface area (Å²) in [7, 11) is 0. The first-order chi connectivity index (χ1) is 9.27. The molecule has 0 atom stereocenters. The van der Waals surface area contributed by atoms with Crippen molar-refractivity contribution >= 4 is 17.2 Å². The largest absolute Gasteiger partial charge is 0.493 e. The first-order valence-electron chi connectivity index (χ1n) is 6.90. The number of rotatable bonds is 7. The maximum atomic E-state index is 5.79. The molecule has 2 N–H and O–H groups in total. The quantitative estimate of drug-likeness (QED) is 0.615. The van der Waals surface area contributed by atoms with Gasteiger partial charge in [-0.1, -0.05) is 37.2 Å². The number of ether oxygens (including phenoxy) is 2. The van der Waals surface area contributed by atoms with Gasteiger partial charge >= 0.3 is 0 Å². The van der Waals surface area contributed by atoms with Crippen LogP contribution in [0.25, 0.3) is 0 Å². The van der Waals surface area contributed by atoms with Gasteiger partial charge in [0.05, 0.1) is 24.9 Å². The normalized spacial score (nSPS) is 15.6. The third kappa shape index (κ3) is 4.48. The summed E-state index contributed by atoms with van der Waals surface area (Å²) in [6, 6.07) is 7.61. The van der Waals surface area contributed by atoms with Gasteiger partial charge in [-0.05, 0) is 25.0 Å². The molecule has 0 heterocycles. The molecular formula is C15H21NO2S.